The average Bonchev–Trinajstić information content (AvgIpc) is 2.02. The van der Waals surface area contributed by atoms with E-state index in [1.807, 2.05) is 0 Å². The summed E-state index contributed by atoms with van der Waals surface area (Å²) in [6.07, 6.45) is -1.97. The van der Waals surface area contributed by atoms with Gasteiger partial charge in [0.15, 0.2) is 0 Å². The standard InChI is InChI=1S/C7H7F3O4/c1-4(11)2-5(12)13-3-14-7(10)6(8)9/h2,11H,3H2,1H3. The van der Waals surface area contributed by atoms with Crippen LogP contribution in [0.15, 0.2) is 23.9 Å². The molecule has 0 heterocycles. The summed E-state index contributed by atoms with van der Waals surface area (Å²) in [7, 11) is 0. The molecule has 0 aliphatic heterocycles. The number of halogens is 3. The predicted molar refractivity (Wildman–Crippen MR) is 38.8 cm³/mol. The van der Waals surface area contributed by atoms with Crippen LogP contribution in [0.25, 0.3) is 0 Å². The first kappa shape index (κ1) is 12.3. The first-order valence-electron chi connectivity index (χ1n) is 3.31. The molecule has 0 saturated heterocycles. The zero-order valence-corrected chi connectivity index (χ0v) is 7.09. The Morgan fingerprint density at radius 2 is 1.93 bits per heavy atom. The van der Waals surface area contributed by atoms with Crippen molar-refractivity contribution in [1.82, 2.24) is 0 Å². The number of hydrogen-bond acceptors (Lipinski definition) is 4. The van der Waals surface area contributed by atoms with Gasteiger partial charge >= 0.3 is 18.1 Å². The van der Waals surface area contributed by atoms with Gasteiger partial charge in [-0.3, -0.25) is 0 Å². The van der Waals surface area contributed by atoms with Crippen LogP contribution in [0.4, 0.5) is 13.2 Å². The van der Waals surface area contributed by atoms with Crippen molar-refractivity contribution >= 4 is 5.97 Å². The van der Waals surface area contributed by atoms with Crippen molar-refractivity contribution in [3.05, 3.63) is 23.9 Å². The van der Waals surface area contributed by atoms with Crippen LogP contribution in [0.2, 0.25) is 0 Å². The van der Waals surface area contributed by atoms with Crippen LogP contribution >= 0.6 is 0 Å². The van der Waals surface area contributed by atoms with E-state index in [4.69, 9.17) is 5.11 Å². The van der Waals surface area contributed by atoms with Gasteiger partial charge in [-0.25, -0.2) is 4.79 Å². The van der Waals surface area contributed by atoms with E-state index >= 15 is 0 Å². The van der Waals surface area contributed by atoms with Crippen LogP contribution in [0.1, 0.15) is 6.92 Å². The molecular weight excluding hydrogens is 205 g/mol. The lowest BCUT2D eigenvalue weighted by molar-refractivity contribution is -0.149. The molecule has 4 nitrogen and oxygen atoms in total. The van der Waals surface area contributed by atoms with Gasteiger partial charge in [0, 0.05) is 0 Å². The molecule has 0 aromatic heterocycles. The lowest BCUT2D eigenvalue weighted by atomic mass is 10.5. The van der Waals surface area contributed by atoms with Crippen LogP contribution in [0.5, 0.6) is 0 Å². The van der Waals surface area contributed by atoms with Gasteiger partial charge < -0.3 is 14.6 Å². The second-order valence-electron chi connectivity index (χ2n) is 2.05. The van der Waals surface area contributed by atoms with E-state index in [1.54, 1.807) is 0 Å². The van der Waals surface area contributed by atoms with E-state index in [9.17, 15) is 18.0 Å². The Kier molecular flexibility index (Phi) is 5.20. The molecule has 0 aromatic carbocycles. The smallest absolute Gasteiger partial charge is 0.342 e. The maximum atomic E-state index is 11.9. The summed E-state index contributed by atoms with van der Waals surface area (Å²) in [5.41, 5.74) is 0. The summed E-state index contributed by atoms with van der Waals surface area (Å²) >= 11 is 0. The molecule has 0 unspecified atom stereocenters. The fourth-order valence-electron chi connectivity index (χ4n) is 0.406. The molecule has 0 saturated carbocycles. The third kappa shape index (κ3) is 5.92. The van der Waals surface area contributed by atoms with Crippen LogP contribution in [-0.4, -0.2) is 17.9 Å². The molecule has 1 N–H and O–H groups in total. The minimum atomic E-state index is -2.64. The zero-order valence-electron chi connectivity index (χ0n) is 7.09. The van der Waals surface area contributed by atoms with Crippen molar-refractivity contribution in [2.24, 2.45) is 0 Å². The maximum absolute atomic E-state index is 11.9. The van der Waals surface area contributed by atoms with E-state index in [0.717, 1.165) is 0 Å². The van der Waals surface area contributed by atoms with Gasteiger partial charge in [-0.05, 0) is 6.92 Å². The molecule has 14 heavy (non-hydrogen) atoms. The summed E-state index contributed by atoms with van der Waals surface area (Å²) < 4.78 is 42.3. The van der Waals surface area contributed by atoms with Gasteiger partial charge in [-0.2, -0.15) is 13.2 Å². The lowest BCUT2D eigenvalue weighted by Gasteiger charge is -2.01. The van der Waals surface area contributed by atoms with E-state index < -0.39 is 24.9 Å². The number of allylic oxidation sites excluding steroid dienone is 1. The quantitative estimate of drug-likeness (QED) is 0.335. The molecular formula is C7H7F3O4. The first-order valence-corrected chi connectivity index (χ1v) is 3.31. The van der Waals surface area contributed by atoms with Crippen LogP contribution in [-0.2, 0) is 14.3 Å². The van der Waals surface area contributed by atoms with Crippen molar-refractivity contribution in [2.45, 2.75) is 6.92 Å². The van der Waals surface area contributed by atoms with Gasteiger partial charge in [0.05, 0.1) is 11.8 Å². The number of carbonyl (C=O) groups is 1. The first-order chi connectivity index (χ1) is 6.43. The molecule has 0 radical (unpaired) electrons. The van der Waals surface area contributed by atoms with Gasteiger partial charge in [-0.1, -0.05) is 0 Å². The third-order valence-electron chi connectivity index (χ3n) is 0.862. The Balaban J connectivity index is 3.82. The highest BCUT2D eigenvalue weighted by molar-refractivity contribution is 5.82. The van der Waals surface area contributed by atoms with Crippen LogP contribution in [0, 0.1) is 0 Å². The van der Waals surface area contributed by atoms with Crippen molar-refractivity contribution in [1.29, 1.82) is 0 Å². The van der Waals surface area contributed by atoms with Gasteiger partial charge in [-0.15, -0.1) is 0 Å². The van der Waals surface area contributed by atoms with Gasteiger partial charge in [0.1, 0.15) is 0 Å². The molecule has 0 amide bonds. The topological polar surface area (TPSA) is 55.8 Å². The summed E-state index contributed by atoms with van der Waals surface area (Å²) in [4.78, 5) is 10.5. The Morgan fingerprint density at radius 3 is 2.36 bits per heavy atom. The molecule has 0 aliphatic rings. The highest BCUT2D eigenvalue weighted by atomic mass is 19.3. The second-order valence-corrected chi connectivity index (χ2v) is 2.05. The second kappa shape index (κ2) is 5.90. The van der Waals surface area contributed by atoms with E-state index in [0.29, 0.717) is 6.08 Å². The number of carbonyl (C=O) groups excluding carboxylic acids is 1. The molecule has 0 atom stereocenters. The number of ether oxygens (including phenoxy) is 2. The Bertz CT molecular complexity index is 264. The fraction of sp³-hybridized carbons (Fsp3) is 0.286. The van der Waals surface area contributed by atoms with Crippen molar-refractivity contribution in [3.8, 4) is 0 Å². The molecule has 0 aromatic rings. The Morgan fingerprint density at radius 1 is 1.36 bits per heavy atom. The van der Waals surface area contributed by atoms with Crippen molar-refractivity contribution in [2.75, 3.05) is 6.79 Å². The summed E-state index contributed by atoms with van der Waals surface area (Å²) in [6, 6.07) is -2.11. The largest absolute Gasteiger partial charge is 0.512 e. The van der Waals surface area contributed by atoms with Gasteiger partial charge in [0.2, 0.25) is 6.79 Å². The average molecular weight is 212 g/mol. The van der Waals surface area contributed by atoms with Crippen LogP contribution in [0.3, 0.4) is 0 Å². The highest BCUT2D eigenvalue weighted by Gasteiger charge is 2.06. The van der Waals surface area contributed by atoms with E-state index in [2.05, 4.69) is 9.47 Å². The monoisotopic (exact) mass is 212 g/mol. The number of aliphatic hydroxyl groups is 1. The Labute approximate surface area is 77.2 Å². The molecule has 0 rings (SSSR count). The molecule has 0 spiro atoms. The van der Waals surface area contributed by atoms with Crippen molar-refractivity contribution in [3.63, 3.8) is 0 Å². The maximum Gasteiger partial charge on any atom is 0.342 e. The lowest BCUT2D eigenvalue weighted by Crippen LogP contribution is -2.05. The van der Waals surface area contributed by atoms with E-state index in [1.165, 1.54) is 6.92 Å². The van der Waals surface area contributed by atoms with Crippen LogP contribution < -0.4 is 0 Å². The number of rotatable bonds is 4. The Hall–Kier alpha value is -1.66. The fourth-order valence-corrected chi connectivity index (χ4v) is 0.406. The predicted octanol–water partition coefficient (Wildman–Crippen LogP) is 2.00. The highest BCUT2D eigenvalue weighted by Crippen LogP contribution is 2.09. The number of aliphatic hydroxyl groups excluding tert-OH is 1. The van der Waals surface area contributed by atoms with Gasteiger partial charge in [0.25, 0.3) is 0 Å². The van der Waals surface area contributed by atoms with E-state index in [-0.39, 0.29) is 5.76 Å². The summed E-state index contributed by atoms with van der Waals surface area (Å²) in [6.45, 7) is 0.204. The minimum absolute atomic E-state index is 0.331. The normalized spacial score (nSPS) is 10.7. The number of hydrogen-bond donors (Lipinski definition) is 1. The molecule has 80 valence electrons. The molecule has 0 bridgehead atoms. The summed E-state index contributed by atoms with van der Waals surface area (Å²) in [5, 5.41) is 8.54. The molecule has 0 fully saturated rings. The molecule has 7 heteroatoms. The van der Waals surface area contributed by atoms with Crippen molar-refractivity contribution < 1.29 is 32.5 Å². The minimum Gasteiger partial charge on any atom is -0.512 e. The SMILES string of the molecule is CC(O)=CC(=O)OCOC(F)=C(F)F. The zero-order chi connectivity index (χ0) is 11.1. The molecule has 0 aliphatic carbocycles. The summed E-state index contributed by atoms with van der Waals surface area (Å²) in [5.74, 6) is -1.36. The number of esters is 1. The third-order valence-corrected chi connectivity index (χ3v) is 0.862.